The average Bonchev–Trinajstić information content (AvgIpc) is 2.02. The summed E-state index contributed by atoms with van der Waals surface area (Å²) in [5, 5.41) is 0. The van der Waals surface area contributed by atoms with Crippen LogP contribution in [0, 0.1) is 11.8 Å². The second-order valence-electron chi connectivity index (χ2n) is 3.68. The van der Waals surface area contributed by atoms with Gasteiger partial charge in [-0.3, -0.25) is 0 Å². The molecule has 0 aromatic heterocycles. The van der Waals surface area contributed by atoms with E-state index in [0.29, 0.717) is 0 Å². The molecule has 12 heavy (non-hydrogen) atoms. The maximum absolute atomic E-state index is 5.15. The van der Waals surface area contributed by atoms with Crippen LogP contribution in [0.15, 0.2) is 0 Å². The van der Waals surface area contributed by atoms with Crippen LogP contribution in [0.5, 0.6) is 0 Å². The van der Waals surface area contributed by atoms with E-state index in [1.54, 1.807) is 14.2 Å². The molecule has 2 nitrogen and oxygen atoms in total. The standard InChI is InChI=1S/C10H18O2/c1-9(2,11-5)7-8-10(3,4)12-6/h1-6H3. The summed E-state index contributed by atoms with van der Waals surface area (Å²) in [4.78, 5) is 0. The Kier molecular flexibility index (Phi) is 3.76. The van der Waals surface area contributed by atoms with Crippen molar-refractivity contribution in [2.75, 3.05) is 14.2 Å². The molecule has 0 aromatic rings. The highest BCUT2D eigenvalue weighted by Crippen LogP contribution is 2.09. The molecule has 0 bridgehead atoms. The van der Waals surface area contributed by atoms with Crippen LogP contribution in [0.2, 0.25) is 0 Å². The van der Waals surface area contributed by atoms with Crippen LogP contribution in [0.4, 0.5) is 0 Å². The van der Waals surface area contributed by atoms with Gasteiger partial charge in [0.25, 0.3) is 0 Å². The highest BCUT2D eigenvalue weighted by Gasteiger charge is 2.15. The van der Waals surface area contributed by atoms with Gasteiger partial charge in [0.15, 0.2) is 0 Å². The van der Waals surface area contributed by atoms with Crippen LogP contribution in [-0.2, 0) is 9.47 Å². The molecule has 0 aromatic carbocycles. The summed E-state index contributed by atoms with van der Waals surface area (Å²) >= 11 is 0. The van der Waals surface area contributed by atoms with E-state index in [1.807, 2.05) is 27.7 Å². The topological polar surface area (TPSA) is 18.5 Å². The summed E-state index contributed by atoms with van der Waals surface area (Å²) in [6, 6.07) is 0. The number of rotatable bonds is 2. The lowest BCUT2D eigenvalue weighted by Crippen LogP contribution is -2.24. The summed E-state index contributed by atoms with van der Waals surface area (Å²) in [5.74, 6) is 6.01. The first-order chi connectivity index (χ1) is 5.33. The molecule has 0 rings (SSSR count). The van der Waals surface area contributed by atoms with E-state index in [2.05, 4.69) is 11.8 Å². The highest BCUT2D eigenvalue weighted by atomic mass is 16.5. The van der Waals surface area contributed by atoms with E-state index in [1.165, 1.54) is 0 Å². The van der Waals surface area contributed by atoms with Crippen molar-refractivity contribution in [1.82, 2.24) is 0 Å². The normalized spacial score (nSPS) is 12.2. The third-order valence-corrected chi connectivity index (χ3v) is 1.69. The molecular formula is C10H18O2. The summed E-state index contributed by atoms with van der Waals surface area (Å²) in [6.07, 6.45) is 0. The second-order valence-corrected chi connectivity index (χ2v) is 3.68. The molecule has 70 valence electrons. The molecule has 0 radical (unpaired) electrons. The van der Waals surface area contributed by atoms with Gasteiger partial charge in [-0.2, -0.15) is 0 Å². The van der Waals surface area contributed by atoms with Gasteiger partial charge in [-0.15, -0.1) is 0 Å². The summed E-state index contributed by atoms with van der Waals surface area (Å²) < 4.78 is 10.3. The number of hydrogen-bond acceptors (Lipinski definition) is 2. The Morgan fingerprint density at radius 3 is 1.17 bits per heavy atom. The highest BCUT2D eigenvalue weighted by molar-refractivity contribution is 5.18. The van der Waals surface area contributed by atoms with Gasteiger partial charge in [-0.1, -0.05) is 11.8 Å². The number of hydrogen-bond donors (Lipinski definition) is 0. The molecule has 0 fully saturated rings. The fourth-order valence-electron chi connectivity index (χ4n) is 0.403. The van der Waals surface area contributed by atoms with Crippen molar-refractivity contribution in [3.8, 4) is 11.8 Å². The first kappa shape index (κ1) is 11.5. The van der Waals surface area contributed by atoms with E-state index in [-0.39, 0.29) is 0 Å². The quantitative estimate of drug-likeness (QED) is 0.589. The SMILES string of the molecule is COC(C)(C)C#CC(C)(C)OC. The lowest BCUT2D eigenvalue weighted by molar-refractivity contribution is 0.0644. The van der Waals surface area contributed by atoms with Gasteiger partial charge in [0.1, 0.15) is 11.2 Å². The smallest absolute Gasteiger partial charge is 0.122 e. The van der Waals surface area contributed by atoms with Crippen molar-refractivity contribution < 1.29 is 9.47 Å². The van der Waals surface area contributed by atoms with Gasteiger partial charge >= 0.3 is 0 Å². The van der Waals surface area contributed by atoms with E-state index in [0.717, 1.165) is 0 Å². The Hall–Kier alpha value is -0.520. The largest absolute Gasteiger partial charge is 0.366 e. The van der Waals surface area contributed by atoms with Crippen molar-refractivity contribution in [3.05, 3.63) is 0 Å². The lowest BCUT2D eigenvalue weighted by Gasteiger charge is -2.18. The number of methoxy groups -OCH3 is 2. The molecule has 0 aliphatic carbocycles. The Morgan fingerprint density at radius 1 is 0.750 bits per heavy atom. The second kappa shape index (κ2) is 3.93. The van der Waals surface area contributed by atoms with Crippen molar-refractivity contribution in [2.24, 2.45) is 0 Å². The maximum atomic E-state index is 5.15. The average molecular weight is 170 g/mol. The minimum atomic E-state index is -0.393. The Bertz CT molecular complexity index is 174. The molecule has 0 amide bonds. The molecule has 0 spiro atoms. The molecule has 0 aliphatic heterocycles. The third kappa shape index (κ3) is 4.38. The summed E-state index contributed by atoms with van der Waals surface area (Å²) in [7, 11) is 3.29. The van der Waals surface area contributed by atoms with Crippen LogP contribution in [0.3, 0.4) is 0 Å². The lowest BCUT2D eigenvalue weighted by atomic mass is 10.1. The predicted octanol–water partition coefficient (Wildman–Crippen LogP) is 1.84. The molecule has 0 saturated carbocycles. The van der Waals surface area contributed by atoms with Crippen molar-refractivity contribution in [1.29, 1.82) is 0 Å². The molecule has 0 saturated heterocycles. The minimum Gasteiger partial charge on any atom is -0.366 e. The zero-order chi connectivity index (χ0) is 9.83. The van der Waals surface area contributed by atoms with Gasteiger partial charge < -0.3 is 9.47 Å². The van der Waals surface area contributed by atoms with E-state index in [9.17, 15) is 0 Å². The Balaban J connectivity index is 4.39. The predicted molar refractivity (Wildman–Crippen MR) is 50.0 cm³/mol. The maximum Gasteiger partial charge on any atom is 0.122 e. The monoisotopic (exact) mass is 170 g/mol. The first-order valence-electron chi connectivity index (χ1n) is 3.97. The Morgan fingerprint density at radius 2 is 1.00 bits per heavy atom. The van der Waals surface area contributed by atoms with Gasteiger partial charge in [0.2, 0.25) is 0 Å². The molecule has 0 heterocycles. The summed E-state index contributed by atoms with van der Waals surface area (Å²) in [5.41, 5.74) is -0.786. The van der Waals surface area contributed by atoms with E-state index < -0.39 is 11.2 Å². The zero-order valence-corrected chi connectivity index (χ0v) is 8.82. The van der Waals surface area contributed by atoms with Crippen molar-refractivity contribution >= 4 is 0 Å². The summed E-state index contributed by atoms with van der Waals surface area (Å²) in [6.45, 7) is 7.69. The zero-order valence-electron chi connectivity index (χ0n) is 8.82. The van der Waals surface area contributed by atoms with Crippen molar-refractivity contribution in [3.63, 3.8) is 0 Å². The van der Waals surface area contributed by atoms with Gasteiger partial charge in [0, 0.05) is 14.2 Å². The molecule has 0 aliphatic rings. The van der Waals surface area contributed by atoms with Crippen LogP contribution in [0.25, 0.3) is 0 Å². The third-order valence-electron chi connectivity index (χ3n) is 1.69. The Labute approximate surface area is 75.3 Å². The van der Waals surface area contributed by atoms with Gasteiger partial charge in [0.05, 0.1) is 0 Å². The molecular weight excluding hydrogens is 152 g/mol. The molecule has 0 atom stereocenters. The van der Waals surface area contributed by atoms with Gasteiger partial charge in [-0.25, -0.2) is 0 Å². The molecule has 2 heteroatoms. The van der Waals surface area contributed by atoms with Crippen LogP contribution in [-0.4, -0.2) is 25.4 Å². The first-order valence-corrected chi connectivity index (χ1v) is 3.97. The molecule has 0 N–H and O–H groups in total. The molecule has 0 unspecified atom stereocenters. The van der Waals surface area contributed by atoms with Crippen LogP contribution < -0.4 is 0 Å². The van der Waals surface area contributed by atoms with E-state index in [4.69, 9.17) is 9.47 Å². The van der Waals surface area contributed by atoms with Crippen molar-refractivity contribution in [2.45, 2.75) is 38.9 Å². The number of ether oxygens (including phenoxy) is 2. The van der Waals surface area contributed by atoms with Crippen LogP contribution >= 0.6 is 0 Å². The van der Waals surface area contributed by atoms with Crippen LogP contribution in [0.1, 0.15) is 27.7 Å². The van der Waals surface area contributed by atoms with E-state index >= 15 is 0 Å². The van der Waals surface area contributed by atoms with Gasteiger partial charge in [-0.05, 0) is 27.7 Å². The fraction of sp³-hybridized carbons (Fsp3) is 0.800. The fourth-order valence-corrected chi connectivity index (χ4v) is 0.403. The minimum absolute atomic E-state index is 0.393.